The molecule has 2 N–H and O–H groups in total. The highest BCUT2D eigenvalue weighted by Gasteiger charge is 2.54. The van der Waals surface area contributed by atoms with E-state index < -0.39 is 29.3 Å². The summed E-state index contributed by atoms with van der Waals surface area (Å²) >= 11 is 0. The Morgan fingerprint density at radius 2 is 1.60 bits per heavy atom. The van der Waals surface area contributed by atoms with Gasteiger partial charge in [0.15, 0.2) is 0 Å². The van der Waals surface area contributed by atoms with E-state index in [-0.39, 0.29) is 5.91 Å². The number of nitrogens with one attached hydrogen (secondary N) is 2. The van der Waals surface area contributed by atoms with Crippen LogP contribution in [0.3, 0.4) is 0 Å². The number of likely N-dealkylation sites (N-methyl/N-ethyl adjacent to an activating group) is 1. The maximum Gasteiger partial charge on any atom is 0.262 e. The van der Waals surface area contributed by atoms with Crippen molar-refractivity contribution in [3.63, 3.8) is 0 Å². The first-order valence-electron chi connectivity index (χ1n) is 8.43. The van der Waals surface area contributed by atoms with E-state index >= 15 is 0 Å². The highest BCUT2D eigenvalue weighted by atomic mass is 16.2. The van der Waals surface area contributed by atoms with Crippen LogP contribution in [0.4, 0.5) is 0 Å². The van der Waals surface area contributed by atoms with Crippen LogP contribution in [0.5, 0.6) is 0 Å². The zero-order valence-electron chi connectivity index (χ0n) is 14.3. The Bertz CT molecular complexity index is 717. The van der Waals surface area contributed by atoms with Gasteiger partial charge >= 0.3 is 0 Å². The summed E-state index contributed by atoms with van der Waals surface area (Å²) in [5.41, 5.74) is -0.577. The number of amides is 4. The normalized spacial score (nSPS) is 19.5. The molecule has 0 spiro atoms. The van der Waals surface area contributed by atoms with Gasteiger partial charge in [-0.05, 0) is 31.9 Å². The van der Waals surface area contributed by atoms with Crippen LogP contribution >= 0.6 is 0 Å². The minimum Gasteiger partial charge on any atom is -0.357 e. The van der Waals surface area contributed by atoms with Crippen molar-refractivity contribution in [3.05, 3.63) is 35.4 Å². The predicted molar refractivity (Wildman–Crippen MR) is 89.8 cm³/mol. The van der Waals surface area contributed by atoms with Crippen molar-refractivity contribution in [1.29, 1.82) is 0 Å². The van der Waals surface area contributed by atoms with Crippen LogP contribution in [0.15, 0.2) is 24.3 Å². The van der Waals surface area contributed by atoms with Crippen LogP contribution in [0.25, 0.3) is 0 Å². The second-order valence-electron chi connectivity index (χ2n) is 6.54. The zero-order chi connectivity index (χ0) is 18.2. The van der Waals surface area contributed by atoms with Gasteiger partial charge < -0.3 is 10.6 Å². The molecule has 3 rings (SSSR count). The van der Waals surface area contributed by atoms with Gasteiger partial charge in [0.05, 0.1) is 11.1 Å². The molecule has 1 aromatic rings. The number of benzene rings is 1. The van der Waals surface area contributed by atoms with E-state index in [1.807, 2.05) is 0 Å². The number of hydrogen-bond donors (Lipinski definition) is 2. The first kappa shape index (κ1) is 17.1. The Labute approximate surface area is 145 Å². The second-order valence-corrected chi connectivity index (χ2v) is 6.54. The SMILES string of the molecule is CNC(=O)[C@@H](C)NC(=O)C1(N2C(=O)c3ccccc3C2=O)CCCC1. The minimum absolute atomic E-state index is 0.325. The lowest BCUT2D eigenvalue weighted by atomic mass is 9.93. The van der Waals surface area contributed by atoms with Gasteiger partial charge in [-0.2, -0.15) is 0 Å². The maximum atomic E-state index is 13.0. The quantitative estimate of drug-likeness (QED) is 0.792. The van der Waals surface area contributed by atoms with Gasteiger partial charge in [0.1, 0.15) is 11.6 Å². The van der Waals surface area contributed by atoms with Gasteiger partial charge in [-0.1, -0.05) is 25.0 Å². The molecule has 1 aliphatic heterocycles. The van der Waals surface area contributed by atoms with Crippen molar-refractivity contribution >= 4 is 23.6 Å². The molecule has 1 aliphatic carbocycles. The van der Waals surface area contributed by atoms with Gasteiger partial charge in [0, 0.05) is 7.05 Å². The molecule has 1 saturated carbocycles. The number of nitrogens with zero attached hydrogens (tertiary/aromatic N) is 1. The summed E-state index contributed by atoms with van der Waals surface area (Å²) in [4.78, 5) is 51.5. The van der Waals surface area contributed by atoms with Crippen molar-refractivity contribution in [1.82, 2.24) is 15.5 Å². The van der Waals surface area contributed by atoms with Crippen LogP contribution in [-0.2, 0) is 9.59 Å². The van der Waals surface area contributed by atoms with E-state index in [2.05, 4.69) is 10.6 Å². The van der Waals surface area contributed by atoms with Crippen molar-refractivity contribution in [2.75, 3.05) is 7.05 Å². The Morgan fingerprint density at radius 1 is 1.08 bits per heavy atom. The second kappa shape index (κ2) is 6.31. The monoisotopic (exact) mass is 343 g/mol. The molecule has 1 atom stereocenters. The molecule has 0 saturated heterocycles. The molecule has 0 bridgehead atoms. The average Bonchev–Trinajstić information content (AvgIpc) is 3.19. The third-order valence-electron chi connectivity index (χ3n) is 5.06. The van der Waals surface area contributed by atoms with E-state index in [0.717, 1.165) is 17.7 Å². The Hall–Kier alpha value is -2.70. The maximum absolute atomic E-state index is 13.0. The van der Waals surface area contributed by atoms with Gasteiger partial charge in [-0.25, -0.2) is 0 Å². The Balaban J connectivity index is 1.94. The molecule has 1 heterocycles. The molecule has 2 aliphatic rings. The van der Waals surface area contributed by atoms with Crippen molar-refractivity contribution in [3.8, 4) is 0 Å². The topological polar surface area (TPSA) is 95.6 Å². The molecule has 1 fully saturated rings. The smallest absolute Gasteiger partial charge is 0.262 e. The number of carbonyl (C=O) groups is 4. The third-order valence-corrected chi connectivity index (χ3v) is 5.06. The molecule has 4 amide bonds. The molecular formula is C18H21N3O4. The van der Waals surface area contributed by atoms with Crippen molar-refractivity contribution < 1.29 is 19.2 Å². The van der Waals surface area contributed by atoms with E-state index in [9.17, 15) is 19.2 Å². The largest absolute Gasteiger partial charge is 0.357 e. The molecule has 132 valence electrons. The summed E-state index contributed by atoms with van der Waals surface area (Å²) in [6, 6.07) is 5.85. The Morgan fingerprint density at radius 3 is 2.08 bits per heavy atom. The summed E-state index contributed by atoms with van der Waals surface area (Å²) in [6.07, 6.45) is 2.31. The summed E-state index contributed by atoms with van der Waals surface area (Å²) in [6.45, 7) is 1.57. The predicted octanol–water partition coefficient (Wildman–Crippen LogP) is 0.846. The van der Waals surface area contributed by atoms with Gasteiger partial charge in [0.2, 0.25) is 11.8 Å². The van der Waals surface area contributed by atoms with Crippen molar-refractivity contribution in [2.24, 2.45) is 0 Å². The molecule has 0 radical (unpaired) electrons. The van der Waals surface area contributed by atoms with Crippen LogP contribution in [0.2, 0.25) is 0 Å². The molecule has 0 unspecified atom stereocenters. The standard InChI is InChI=1S/C18H21N3O4/c1-11(14(22)19-2)20-17(25)18(9-5-6-10-18)21-15(23)12-7-3-4-8-13(12)16(21)24/h3-4,7-8,11H,5-6,9-10H2,1-2H3,(H,19,22)(H,20,25)/t11-/m1/s1. The van der Waals surface area contributed by atoms with E-state index in [1.165, 1.54) is 7.05 Å². The fourth-order valence-corrected chi connectivity index (χ4v) is 3.70. The Kier molecular flexibility index (Phi) is 4.32. The molecule has 0 aromatic heterocycles. The average molecular weight is 343 g/mol. The lowest BCUT2D eigenvalue weighted by Crippen LogP contribution is -2.61. The fraction of sp³-hybridized carbons (Fsp3) is 0.444. The van der Waals surface area contributed by atoms with Crippen LogP contribution in [0.1, 0.15) is 53.3 Å². The van der Waals surface area contributed by atoms with E-state index in [1.54, 1.807) is 31.2 Å². The lowest BCUT2D eigenvalue weighted by molar-refractivity contribution is -0.134. The van der Waals surface area contributed by atoms with E-state index in [4.69, 9.17) is 0 Å². The summed E-state index contributed by atoms with van der Waals surface area (Å²) in [5.74, 6) is -1.66. The fourth-order valence-electron chi connectivity index (χ4n) is 3.70. The minimum atomic E-state index is -1.23. The molecule has 25 heavy (non-hydrogen) atoms. The highest BCUT2D eigenvalue weighted by molar-refractivity contribution is 6.23. The molecule has 1 aromatic carbocycles. The molecule has 7 heteroatoms. The van der Waals surface area contributed by atoms with Crippen LogP contribution in [-0.4, -0.2) is 47.2 Å². The summed E-state index contributed by atoms with van der Waals surface area (Å²) in [7, 11) is 1.49. The van der Waals surface area contributed by atoms with Gasteiger partial charge in [-0.15, -0.1) is 0 Å². The van der Waals surface area contributed by atoms with Crippen LogP contribution in [0, 0.1) is 0 Å². The van der Waals surface area contributed by atoms with Gasteiger partial charge in [0.25, 0.3) is 11.8 Å². The zero-order valence-corrected chi connectivity index (χ0v) is 14.3. The first-order valence-corrected chi connectivity index (χ1v) is 8.43. The first-order chi connectivity index (χ1) is 11.9. The number of fused-ring (bicyclic) bond motifs is 1. The highest BCUT2D eigenvalue weighted by Crippen LogP contribution is 2.40. The van der Waals surface area contributed by atoms with E-state index in [0.29, 0.717) is 24.0 Å². The molecular weight excluding hydrogens is 322 g/mol. The van der Waals surface area contributed by atoms with Gasteiger partial charge in [-0.3, -0.25) is 24.1 Å². The third kappa shape index (κ3) is 2.59. The lowest BCUT2D eigenvalue weighted by Gasteiger charge is -2.36. The summed E-state index contributed by atoms with van der Waals surface area (Å²) in [5, 5.41) is 5.13. The van der Waals surface area contributed by atoms with Crippen LogP contribution < -0.4 is 10.6 Å². The summed E-state index contributed by atoms with van der Waals surface area (Å²) < 4.78 is 0. The molecule has 7 nitrogen and oxygen atoms in total. The number of hydrogen-bond acceptors (Lipinski definition) is 4. The number of carbonyl (C=O) groups excluding carboxylic acids is 4. The number of imide groups is 1. The van der Waals surface area contributed by atoms with Crippen molar-refractivity contribution in [2.45, 2.75) is 44.2 Å². The number of rotatable bonds is 4.